The van der Waals surface area contributed by atoms with Gasteiger partial charge in [0, 0.05) is 19.7 Å². The monoisotopic (exact) mass is 122 g/mol. The molecule has 0 aliphatic rings. The van der Waals surface area contributed by atoms with E-state index in [1.165, 1.54) is 0 Å². The van der Waals surface area contributed by atoms with Gasteiger partial charge in [-0.2, -0.15) is 5.10 Å². The second-order valence-electron chi connectivity index (χ2n) is 2.22. The van der Waals surface area contributed by atoms with Crippen molar-refractivity contribution in [3.05, 3.63) is 23.9 Å². The van der Waals surface area contributed by atoms with Gasteiger partial charge < -0.3 is 0 Å². The topological polar surface area (TPSA) is 17.8 Å². The van der Waals surface area contributed by atoms with Crippen molar-refractivity contribution in [3.8, 4) is 0 Å². The first-order valence-corrected chi connectivity index (χ1v) is 2.88. The van der Waals surface area contributed by atoms with Gasteiger partial charge in [0.25, 0.3) is 0 Å². The molecule has 0 amide bonds. The second kappa shape index (κ2) is 1.87. The first-order chi connectivity index (χ1) is 4.13. The second-order valence-corrected chi connectivity index (χ2v) is 2.22. The normalized spacial score (nSPS) is 10.2. The summed E-state index contributed by atoms with van der Waals surface area (Å²) in [5, 5.41) is 4.00. The summed E-state index contributed by atoms with van der Waals surface area (Å²) in [6, 6.07) is 0. The standard InChI is InChI=1S/C7H10N2/c1-5-6(2)8-9(4)7(5)3/h2H,1,3-4H3. The van der Waals surface area contributed by atoms with Crippen LogP contribution in [0.2, 0.25) is 0 Å². The van der Waals surface area contributed by atoms with Crippen LogP contribution < -0.4 is 0 Å². The Bertz CT molecular complexity index is 201. The van der Waals surface area contributed by atoms with Crippen LogP contribution >= 0.6 is 0 Å². The van der Waals surface area contributed by atoms with Gasteiger partial charge in [-0.1, -0.05) is 0 Å². The highest BCUT2D eigenvalue weighted by Gasteiger charge is 2.01. The lowest BCUT2D eigenvalue weighted by atomic mass is 10.2. The molecule has 0 spiro atoms. The lowest BCUT2D eigenvalue weighted by Gasteiger charge is -1.90. The summed E-state index contributed by atoms with van der Waals surface area (Å²) in [5.74, 6) is 0. The molecule has 1 heterocycles. The van der Waals surface area contributed by atoms with Crippen LogP contribution in [0, 0.1) is 20.8 Å². The first kappa shape index (κ1) is 6.33. The van der Waals surface area contributed by atoms with Crippen molar-refractivity contribution in [1.82, 2.24) is 9.78 Å². The van der Waals surface area contributed by atoms with Crippen molar-refractivity contribution in [2.45, 2.75) is 13.8 Å². The largest absolute Gasteiger partial charge is 0.272 e. The Labute approximate surface area is 55.5 Å². The summed E-state index contributed by atoms with van der Waals surface area (Å²) < 4.78 is 1.78. The van der Waals surface area contributed by atoms with E-state index < -0.39 is 0 Å². The van der Waals surface area contributed by atoms with Crippen molar-refractivity contribution in [2.75, 3.05) is 0 Å². The van der Waals surface area contributed by atoms with Gasteiger partial charge in [-0.15, -0.1) is 0 Å². The minimum absolute atomic E-state index is 0.634. The van der Waals surface area contributed by atoms with Gasteiger partial charge in [-0.05, 0) is 19.4 Å². The van der Waals surface area contributed by atoms with Crippen molar-refractivity contribution >= 4 is 0 Å². The number of rotatable bonds is 0. The number of aryl methyl sites for hydroxylation is 1. The average Bonchev–Trinajstić information content (AvgIpc) is 1.98. The molecule has 0 aliphatic heterocycles. The van der Waals surface area contributed by atoms with Gasteiger partial charge in [0.05, 0.1) is 5.69 Å². The summed E-state index contributed by atoms with van der Waals surface area (Å²) >= 11 is 0. The van der Waals surface area contributed by atoms with Crippen molar-refractivity contribution in [1.29, 1.82) is 0 Å². The maximum atomic E-state index is 5.51. The SMILES string of the molecule is [CH]c1nn(C)c(C)c1C. The molecule has 0 bridgehead atoms. The maximum Gasteiger partial charge on any atom is 0.0701 e. The molecule has 0 fully saturated rings. The smallest absolute Gasteiger partial charge is 0.0701 e. The number of hydrogen-bond acceptors (Lipinski definition) is 1. The van der Waals surface area contributed by atoms with Crippen molar-refractivity contribution in [2.24, 2.45) is 7.05 Å². The molecule has 1 rings (SSSR count). The predicted octanol–water partition coefficient (Wildman–Crippen LogP) is 1.10. The molecule has 2 nitrogen and oxygen atoms in total. The van der Waals surface area contributed by atoms with Gasteiger partial charge >= 0.3 is 0 Å². The Morgan fingerprint density at radius 2 is 2.00 bits per heavy atom. The summed E-state index contributed by atoms with van der Waals surface area (Å²) in [5.41, 5.74) is 2.85. The lowest BCUT2D eigenvalue weighted by Crippen LogP contribution is -1.92. The highest BCUT2D eigenvalue weighted by Crippen LogP contribution is 2.08. The van der Waals surface area contributed by atoms with Crippen LogP contribution in [0.25, 0.3) is 0 Å². The highest BCUT2D eigenvalue weighted by molar-refractivity contribution is 5.24. The predicted molar refractivity (Wildman–Crippen MR) is 36.1 cm³/mol. The van der Waals surface area contributed by atoms with Crippen molar-refractivity contribution < 1.29 is 0 Å². The zero-order valence-electron chi connectivity index (χ0n) is 5.97. The van der Waals surface area contributed by atoms with E-state index in [4.69, 9.17) is 6.92 Å². The summed E-state index contributed by atoms with van der Waals surface area (Å²) in [6.45, 7) is 9.48. The van der Waals surface area contributed by atoms with Crippen LogP contribution in [0.1, 0.15) is 17.0 Å². The number of hydrogen-bond donors (Lipinski definition) is 0. The highest BCUT2D eigenvalue weighted by atomic mass is 15.3. The fraction of sp³-hybridized carbons (Fsp3) is 0.429. The molecule has 0 unspecified atom stereocenters. The van der Waals surface area contributed by atoms with E-state index in [1.807, 2.05) is 20.9 Å². The van der Waals surface area contributed by atoms with Crippen LogP contribution in [-0.2, 0) is 7.05 Å². The molecule has 2 radical (unpaired) electrons. The van der Waals surface area contributed by atoms with E-state index in [1.54, 1.807) is 4.68 Å². The third-order valence-electron chi connectivity index (χ3n) is 1.67. The third kappa shape index (κ3) is 0.846. The average molecular weight is 122 g/mol. The lowest BCUT2D eigenvalue weighted by molar-refractivity contribution is 0.735. The van der Waals surface area contributed by atoms with E-state index in [0.29, 0.717) is 5.69 Å². The quantitative estimate of drug-likeness (QED) is 0.503. The minimum atomic E-state index is 0.634. The molecule has 0 saturated carbocycles. The van der Waals surface area contributed by atoms with Gasteiger partial charge in [-0.25, -0.2) is 0 Å². The molecule has 0 N–H and O–H groups in total. The molecule has 9 heavy (non-hydrogen) atoms. The molecule has 1 aromatic rings. The van der Waals surface area contributed by atoms with Gasteiger partial charge in [-0.3, -0.25) is 4.68 Å². The molecule has 0 aromatic carbocycles. The maximum absolute atomic E-state index is 5.51. The first-order valence-electron chi connectivity index (χ1n) is 2.88. The number of aromatic nitrogens is 2. The Hall–Kier alpha value is -0.790. The number of nitrogens with zero attached hydrogens (tertiary/aromatic N) is 2. The molecule has 0 atom stereocenters. The molecule has 48 valence electrons. The Morgan fingerprint density at radius 3 is 2.11 bits per heavy atom. The van der Waals surface area contributed by atoms with Gasteiger partial charge in [0.2, 0.25) is 0 Å². The van der Waals surface area contributed by atoms with E-state index in [0.717, 1.165) is 11.3 Å². The Balaban J connectivity index is 3.29. The minimum Gasteiger partial charge on any atom is -0.272 e. The summed E-state index contributed by atoms with van der Waals surface area (Å²) in [6.07, 6.45) is 0. The fourth-order valence-electron chi connectivity index (χ4n) is 0.740. The van der Waals surface area contributed by atoms with Crippen LogP contribution in [0.15, 0.2) is 0 Å². The Kier molecular flexibility index (Phi) is 1.31. The molecular weight excluding hydrogens is 112 g/mol. The molecular formula is C7H10N2. The molecule has 1 aromatic heterocycles. The van der Waals surface area contributed by atoms with Gasteiger partial charge in [0.1, 0.15) is 0 Å². The summed E-state index contributed by atoms with van der Waals surface area (Å²) in [7, 11) is 1.89. The van der Waals surface area contributed by atoms with E-state index in [2.05, 4.69) is 5.10 Å². The molecule has 0 saturated heterocycles. The van der Waals surface area contributed by atoms with Crippen molar-refractivity contribution in [3.63, 3.8) is 0 Å². The van der Waals surface area contributed by atoms with Crippen LogP contribution in [0.3, 0.4) is 0 Å². The third-order valence-corrected chi connectivity index (χ3v) is 1.67. The molecule has 0 aliphatic carbocycles. The van der Waals surface area contributed by atoms with Crippen LogP contribution in [0.5, 0.6) is 0 Å². The molecule has 2 heteroatoms. The van der Waals surface area contributed by atoms with E-state index >= 15 is 0 Å². The van der Waals surface area contributed by atoms with Gasteiger partial charge in [0.15, 0.2) is 0 Å². The van der Waals surface area contributed by atoms with Crippen LogP contribution in [0.4, 0.5) is 0 Å². The van der Waals surface area contributed by atoms with E-state index in [-0.39, 0.29) is 0 Å². The fourth-order valence-corrected chi connectivity index (χ4v) is 0.740. The zero-order chi connectivity index (χ0) is 7.02. The zero-order valence-corrected chi connectivity index (χ0v) is 5.97. The van der Waals surface area contributed by atoms with E-state index in [9.17, 15) is 0 Å². The summed E-state index contributed by atoms with van der Waals surface area (Å²) in [4.78, 5) is 0. The van der Waals surface area contributed by atoms with Crippen LogP contribution in [-0.4, -0.2) is 9.78 Å². The Morgan fingerprint density at radius 1 is 1.44 bits per heavy atom.